The van der Waals surface area contributed by atoms with E-state index >= 15 is 0 Å². The molecule has 0 unspecified atom stereocenters. The zero-order valence-electron chi connectivity index (χ0n) is 16.9. The average Bonchev–Trinajstić information content (AvgIpc) is 3.26. The van der Waals surface area contributed by atoms with Gasteiger partial charge in [0.25, 0.3) is 5.91 Å². The molecule has 2 aromatic carbocycles. The first kappa shape index (κ1) is 20.7. The molecule has 3 rings (SSSR count). The standard InChI is InChI=1S/C23H27NO5/c1-27-18-11-12-21(28-2)19(15-18)20-9-6-14-24(20)22(25)16-29-23(26)13-10-17-7-4-3-5-8-17/h3-5,7-8,11-12,15,20H,6,9-10,13-14,16H2,1-2H3/t20-/m1/s1. The zero-order chi connectivity index (χ0) is 20.6. The normalized spacial score (nSPS) is 15.8. The summed E-state index contributed by atoms with van der Waals surface area (Å²) in [6.07, 6.45) is 2.57. The van der Waals surface area contributed by atoms with E-state index in [1.54, 1.807) is 19.1 Å². The summed E-state index contributed by atoms with van der Waals surface area (Å²) in [6.45, 7) is 0.391. The lowest BCUT2D eigenvalue weighted by molar-refractivity contribution is -0.152. The predicted molar refractivity (Wildman–Crippen MR) is 109 cm³/mol. The molecule has 2 aromatic rings. The fourth-order valence-electron chi connectivity index (χ4n) is 3.68. The highest BCUT2D eigenvalue weighted by Crippen LogP contribution is 2.38. The second-order valence-electron chi connectivity index (χ2n) is 7.00. The van der Waals surface area contributed by atoms with Crippen molar-refractivity contribution in [2.45, 2.75) is 31.7 Å². The Morgan fingerprint density at radius 3 is 2.59 bits per heavy atom. The van der Waals surface area contributed by atoms with Crippen molar-refractivity contribution in [3.05, 3.63) is 59.7 Å². The first-order valence-corrected chi connectivity index (χ1v) is 9.83. The number of carbonyl (C=O) groups excluding carboxylic acids is 2. The summed E-state index contributed by atoms with van der Waals surface area (Å²) in [5, 5.41) is 0. The third-order valence-corrected chi connectivity index (χ3v) is 5.19. The number of benzene rings is 2. The Morgan fingerprint density at radius 2 is 1.86 bits per heavy atom. The monoisotopic (exact) mass is 397 g/mol. The summed E-state index contributed by atoms with van der Waals surface area (Å²) in [6, 6.07) is 15.2. The minimum Gasteiger partial charge on any atom is -0.497 e. The van der Waals surface area contributed by atoms with Crippen LogP contribution in [-0.2, 0) is 20.7 Å². The van der Waals surface area contributed by atoms with Crippen molar-refractivity contribution in [3.63, 3.8) is 0 Å². The van der Waals surface area contributed by atoms with Gasteiger partial charge in [-0.05, 0) is 43.0 Å². The molecule has 0 N–H and O–H groups in total. The van der Waals surface area contributed by atoms with Gasteiger partial charge in [-0.1, -0.05) is 30.3 Å². The first-order chi connectivity index (χ1) is 14.1. The van der Waals surface area contributed by atoms with Crippen molar-refractivity contribution >= 4 is 11.9 Å². The Labute approximate surface area is 171 Å². The summed E-state index contributed by atoms with van der Waals surface area (Å²) < 4.78 is 16.0. The van der Waals surface area contributed by atoms with Gasteiger partial charge in [-0.15, -0.1) is 0 Å². The van der Waals surface area contributed by atoms with E-state index in [0.29, 0.717) is 18.7 Å². The number of amides is 1. The second kappa shape index (κ2) is 9.96. The van der Waals surface area contributed by atoms with Gasteiger partial charge in [-0.3, -0.25) is 9.59 Å². The van der Waals surface area contributed by atoms with Crippen LogP contribution in [0, 0.1) is 0 Å². The topological polar surface area (TPSA) is 65.1 Å². The molecule has 0 bridgehead atoms. The molecule has 1 amide bonds. The van der Waals surface area contributed by atoms with Crippen LogP contribution in [0.15, 0.2) is 48.5 Å². The van der Waals surface area contributed by atoms with E-state index in [4.69, 9.17) is 14.2 Å². The molecule has 1 fully saturated rings. The third kappa shape index (κ3) is 5.28. The highest BCUT2D eigenvalue weighted by molar-refractivity contribution is 5.81. The maximum atomic E-state index is 12.7. The van der Waals surface area contributed by atoms with Crippen LogP contribution in [0.1, 0.15) is 36.4 Å². The summed E-state index contributed by atoms with van der Waals surface area (Å²) >= 11 is 0. The Bertz CT molecular complexity index is 836. The van der Waals surface area contributed by atoms with Crippen LogP contribution in [0.2, 0.25) is 0 Å². The van der Waals surface area contributed by atoms with E-state index in [2.05, 4.69) is 0 Å². The molecule has 1 aliphatic heterocycles. The fraction of sp³-hybridized carbons (Fsp3) is 0.391. The summed E-state index contributed by atoms with van der Waals surface area (Å²) in [5.41, 5.74) is 1.98. The molecule has 6 nitrogen and oxygen atoms in total. The molecule has 154 valence electrons. The lowest BCUT2D eigenvalue weighted by Crippen LogP contribution is -2.34. The molecule has 0 saturated carbocycles. The molecule has 0 radical (unpaired) electrons. The van der Waals surface area contributed by atoms with Crippen LogP contribution < -0.4 is 9.47 Å². The quantitative estimate of drug-likeness (QED) is 0.638. The summed E-state index contributed by atoms with van der Waals surface area (Å²) in [7, 11) is 3.22. The van der Waals surface area contributed by atoms with Gasteiger partial charge in [0, 0.05) is 18.5 Å². The lowest BCUT2D eigenvalue weighted by Gasteiger charge is -2.26. The van der Waals surface area contributed by atoms with Gasteiger partial charge in [0.1, 0.15) is 11.5 Å². The van der Waals surface area contributed by atoms with Gasteiger partial charge >= 0.3 is 5.97 Å². The second-order valence-corrected chi connectivity index (χ2v) is 7.00. The van der Waals surface area contributed by atoms with Crippen molar-refractivity contribution in [1.82, 2.24) is 4.90 Å². The molecule has 0 aromatic heterocycles. The maximum absolute atomic E-state index is 12.7. The van der Waals surface area contributed by atoms with E-state index in [9.17, 15) is 9.59 Å². The van der Waals surface area contributed by atoms with E-state index < -0.39 is 0 Å². The molecule has 1 aliphatic rings. The van der Waals surface area contributed by atoms with Gasteiger partial charge < -0.3 is 19.1 Å². The van der Waals surface area contributed by atoms with Crippen LogP contribution in [0.5, 0.6) is 11.5 Å². The van der Waals surface area contributed by atoms with Crippen molar-refractivity contribution in [3.8, 4) is 11.5 Å². The molecule has 1 atom stereocenters. The molecule has 6 heteroatoms. The van der Waals surface area contributed by atoms with Crippen molar-refractivity contribution in [2.75, 3.05) is 27.4 Å². The van der Waals surface area contributed by atoms with Gasteiger partial charge in [0.05, 0.1) is 20.3 Å². The minimum absolute atomic E-state index is 0.115. The van der Waals surface area contributed by atoms with Crippen molar-refractivity contribution in [1.29, 1.82) is 0 Å². The predicted octanol–water partition coefficient (Wildman–Crippen LogP) is 3.54. The van der Waals surface area contributed by atoms with Crippen molar-refractivity contribution in [2.24, 2.45) is 0 Å². The SMILES string of the molecule is COc1ccc(OC)c([C@H]2CCCN2C(=O)COC(=O)CCc2ccccc2)c1. The Balaban J connectivity index is 1.58. The van der Waals surface area contributed by atoms with Gasteiger partial charge in [-0.2, -0.15) is 0 Å². The van der Waals surface area contributed by atoms with Crippen LogP contribution in [0.25, 0.3) is 0 Å². The van der Waals surface area contributed by atoms with Crippen LogP contribution in [0.4, 0.5) is 0 Å². The molecule has 0 spiro atoms. The van der Waals surface area contributed by atoms with Gasteiger partial charge in [0.15, 0.2) is 6.61 Å². The number of esters is 1. The molecule has 1 saturated heterocycles. The van der Waals surface area contributed by atoms with Crippen LogP contribution in [0.3, 0.4) is 0 Å². The smallest absolute Gasteiger partial charge is 0.306 e. The number of aryl methyl sites for hydroxylation is 1. The number of methoxy groups -OCH3 is 2. The highest BCUT2D eigenvalue weighted by atomic mass is 16.5. The van der Waals surface area contributed by atoms with Crippen LogP contribution >= 0.6 is 0 Å². The van der Waals surface area contributed by atoms with E-state index in [1.807, 2.05) is 48.5 Å². The molecule has 29 heavy (non-hydrogen) atoms. The largest absolute Gasteiger partial charge is 0.497 e. The number of carbonyl (C=O) groups is 2. The first-order valence-electron chi connectivity index (χ1n) is 9.83. The number of ether oxygens (including phenoxy) is 3. The lowest BCUT2D eigenvalue weighted by atomic mass is 10.0. The van der Waals surface area contributed by atoms with E-state index in [1.165, 1.54) is 0 Å². The number of nitrogens with zero attached hydrogens (tertiary/aromatic N) is 1. The summed E-state index contributed by atoms with van der Waals surface area (Å²) in [4.78, 5) is 26.5. The zero-order valence-corrected chi connectivity index (χ0v) is 16.9. The molecule has 0 aliphatic carbocycles. The number of likely N-dealkylation sites (tertiary alicyclic amines) is 1. The van der Waals surface area contributed by atoms with Gasteiger partial charge in [-0.25, -0.2) is 0 Å². The Hall–Kier alpha value is -3.02. The molecular formula is C23H27NO5. The number of hydrogen-bond donors (Lipinski definition) is 0. The number of rotatable bonds is 8. The maximum Gasteiger partial charge on any atom is 0.306 e. The molecular weight excluding hydrogens is 370 g/mol. The fourth-order valence-corrected chi connectivity index (χ4v) is 3.68. The Morgan fingerprint density at radius 1 is 1.07 bits per heavy atom. The summed E-state index contributed by atoms with van der Waals surface area (Å²) in [5.74, 6) is 0.880. The highest BCUT2D eigenvalue weighted by Gasteiger charge is 2.32. The van der Waals surface area contributed by atoms with Crippen LogP contribution in [-0.4, -0.2) is 44.1 Å². The Kier molecular flexibility index (Phi) is 7.11. The average molecular weight is 397 g/mol. The van der Waals surface area contributed by atoms with E-state index in [-0.39, 0.29) is 30.9 Å². The third-order valence-electron chi connectivity index (χ3n) is 5.19. The van der Waals surface area contributed by atoms with Crippen molar-refractivity contribution < 1.29 is 23.8 Å². The minimum atomic E-state index is -0.364. The molecule has 1 heterocycles. The van der Waals surface area contributed by atoms with E-state index in [0.717, 1.165) is 29.7 Å². The van der Waals surface area contributed by atoms with Gasteiger partial charge in [0.2, 0.25) is 0 Å². The number of hydrogen-bond acceptors (Lipinski definition) is 5.